The fourth-order valence-corrected chi connectivity index (χ4v) is 2.10. The van der Waals surface area contributed by atoms with Gasteiger partial charge in [-0.2, -0.15) is 0 Å². The molecule has 0 unspecified atom stereocenters. The average molecular weight is 293 g/mol. The Bertz CT molecular complexity index is 584. The van der Waals surface area contributed by atoms with Crippen molar-refractivity contribution in [3.8, 4) is 0 Å². The van der Waals surface area contributed by atoms with Crippen molar-refractivity contribution in [2.75, 3.05) is 0 Å². The molecule has 0 radical (unpaired) electrons. The van der Waals surface area contributed by atoms with E-state index in [9.17, 15) is 0 Å². The van der Waals surface area contributed by atoms with Gasteiger partial charge in [0.2, 0.25) is 0 Å². The highest BCUT2D eigenvalue weighted by atomic mass is 35.5. The Hall–Kier alpha value is -1.39. The third kappa shape index (κ3) is 4.32. The molecule has 0 atom stereocenters. The number of benzene rings is 1. The van der Waals surface area contributed by atoms with Crippen LogP contribution in [0.1, 0.15) is 37.6 Å². The Balaban J connectivity index is 2.02. The van der Waals surface area contributed by atoms with Gasteiger partial charge in [0.05, 0.1) is 18.4 Å². The molecule has 1 N–H and O–H groups in total. The molecule has 0 fully saturated rings. The average Bonchev–Trinajstić information content (AvgIpc) is 2.77. The van der Waals surface area contributed by atoms with E-state index < -0.39 is 0 Å². The Kier molecular flexibility index (Phi) is 4.45. The van der Waals surface area contributed by atoms with Crippen LogP contribution < -0.4 is 5.32 Å². The van der Waals surface area contributed by atoms with E-state index in [1.165, 1.54) is 0 Å². The van der Waals surface area contributed by atoms with E-state index >= 15 is 0 Å². The number of rotatable bonds is 4. The number of aryl methyl sites for hydroxylation is 1. The quantitative estimate of drug-likeness (QED) is 0.941. The first-order valence-electron chi connectivity index (χ1n) is 6.72. The SMILES string of the molecule is Cc1ccc(Cn2cc(CNC(C)(C)C)nn2)c(Cl)c1. The molecule has 4 nitrogen and oxygen atoms in total. The molecule has 20 heavy (non-hydrogen) atoms. The molecule has 108 valence electrons. The highest BCUT2D eigenvalue weighted by molar-refractivity contribution is 6.31. The third-order valence-corrected chi connectivity index (χ3v) is 3.28. The summed E-state index contributed by atoms with van der Waals surface area (Å²) in [5.74, 6) is 0. The van der Waals surface area contributed by atoms with Crippen LogP contribution in [0.25, 0.3) is 0 Å². The molecule has 0 aliphatic heterocycles. The normalized spacial score (nSPS) is 11.8. The van der Waals surface area contributed by atoms with Crippen molar-refractivity contribution >= 4 is 11.6 Å². The van der Waals surface area contributed by atoms with Crippen LogP contribution in [0, 0.1) is 6.92 Å². The van der Waals surface area contributed by atoms with E-state index in [0.717, 1.165) is 21.8 Å². The summed E-state index contributed by atoms with van der Waals surface area (Å²) in [5.41, 5.74) is 3.22. The largest absolute Gasteiger partial charge is 0.306 e. The van der Waals surface area contributed by atoms with Gasteiger partial charge in [0.15, 0.2) is 0 Å². The number of halogens is 1. The number of aromatic nitrogens is 3. The molecule has 1 aromatic carbocycles. The highest BCUT2D eigenvalue weighted by Gasteiger charge is 2.10. The summed E-state index contributed by atoms with van der Waals surface area (Å²) in [7, 11) is 0. The van der Waals surface area contributed by atoms with Crippen LogP contribution in [0.15, 0.2) is 24.4 Å². The number of nitrogens with zero attached hydrogens (tertiary/aromatic N) is 3. The van der Waals surface area contributed by atoms with Crippen molar-refractivity contribution < 1.29 is 0 Å². The summed E-state index contributed by atoms with van der Waals surface area (Å²) in [4.78, 5) is 0. The van der Waals surface area contributed by atoms with Gasteiger partial charge < -0.3 is 5.32 Å². The minimum atomic E-state index is 0.0735. The second-order valence-corrected chi connectivity index (χ2v) is 6.51. The first-order chi connectivity index (χ1) is 9.33. The first kappa shape index (κ1) is 15.0. The second kappa shape index (κ2) is 5.94. The van der Waals surface area contributed by atoms with E-state index in [2.05, 4.69) is 42.5 Å². The van der Waals surface area contributed by atoms with E-state index in [0.29, 0.717) is 13.1 Å². The molecule has 2 aromatic rings. The Morgan fingerprint density at radius 1 is 1.30 bits per heavy atom. The molecule has 0 aliphatic carbocycles. The van der Waals surface area contributed by atoms with E-state index in [1.54, 1.807) is 0 Å². The molecule has 0 saturated heterocycles. The molecule has 0 spiro atoms. The minimum Gasteiger partial charge on any atom is -0.306 e. The van der Waals surface area contributed by atoms with Crippen LogP contribution in [0.3, 0.4) is 0 Å². The smallest absolute Gasteiger partial charge is 0.0965 e. The molecule has 1 aromatic heterocycles. The number of nitrogens with one attached hydrogen (secondary N) is 1. The highest BCUT2D eigenvalue weighted by Crippen LogP contribution is 2.18. The molecule has 1 heterocycles. The topological polar surface area (TPSA) is 42.7 Å². The summed E-state index contributed by atoms with van der Waals surface area (Å²) in [6, 6.07) is 6.06. The van der Waals surface area contributed by atoms with E-state index in [1.807, 2.05) is 29.9 Å². The van der Waals surface area contributed by atoms with Crippen LogP contribution in [-0.4, -0.2) is 20.5 Å². The van der Waals surface area contributed by atoms with Crippen molar-refractivity contribution in [1.82, 2.24) is 20.3 Å². The Morgan fingerprint density at radius 2 is 2.05 bits per heavy atom. The van der Waals surface area contributed by atoms with E-state index in [4.69, 9.17) is 11.6 Å². The van der Waals surface area contributed by atoms with Crippen molar-refractivity contribution in [1.29, 1.82) is 0 Å². The van der Waals surface area contributed by atoms with Crippen LogP contribution in [0.2, 0.25) is 5.02 Å². The fraction of sp³-hybridized carbons (Fsp3) is 0.467. The number of hydrogen-bond acceptors (Lipinski definition) is 3. The van der Waals surface area contributed by atoms with Gasteiger partial charge in [-0.05, 0) is 44.9 Å². The fourth-order valence-electron chi connectivity index (χ4n) is 1.81. The molecule has 0 aliphatic rings. The van der Waals surface area contributed by atoms with Gasteiger partial charge in [-0.15, -0.1) is 5.10 Å². The molecule has 5 heteroatoms. The van der Waals surface area contributed by atoms with Gasteiger partial charge in [0.1, 0.15) is 0 Å². The summed E-state index contributed by atoms with van der Waals surface area (Å²) < 4.78 is 1.82. The van der Waals surface area contributed by atoms with Gasteiger partial charge in [-0.25, -0.2) is 4.68 Å². The maximum Gasteiger partial charge on any atom is 0.0965 e. The molecular formula is C15H21ClN4. The van der Waals surface area contributed by atoms with Crippen LogP contribution in [0.4, 0.5) is 0 Å². The molecular weight excluding hydrogens is 272 g/mol. The van der Waals surface area contributed by atoms with Gasteiger partial charge in [-0.3, -0.25) is 0 Å². The molecule has 0 amide bonds. The summed E-state index contributed by atoms with van der Waals surface area (Å²) in [5, 5.41) is 12.5. The maximum atomic E-state index is 6.23. The maximum absolute atomic E-state index is 6.23. The van der Waals surface area contributed by atoms with Crippen LogP contribution >= 0.6 is 11.6 Å². The molecule has 0 saturated carbocycles. The van der Waals surface area contributed by atoms with Crippen LogP contribution in [-0.2, 0) is 13.1 Å². The van der Waals surface area contributed by atoms with Crippen molar-refractivity contribution in [3.63, 3.8) is 0 Å². The second-order valence-electron chi connectivity index (χ2n) is 6.11. The summed E-state index contributed by atoms with van der Waals surface area (Å²) in [6.45, 7) is 9.77. The minimum absolute atomic E-state index is 0.0735. The standard InChI is InChI=1S/C15H21ClN4/c1-11-5-6-12(14(16)7-11)9-20-10-13(18-19-20)8-17-15(2,3)4/h5-7,10,17H,8-9H2,1-4H3. The third-order valence-electron chi connectivity index (χ3n) is 2.93. The lowest BCUT2D eigenvalue weighted by atomic mass is 10.1. The van der Waals surface area contributed by atoms with Gasteiger partial charge in [0, 0.05) is 17.1 Å². The van der Waals surface area contributed by atoms with Gasteiger partial charge in [-0.1, -0.05) is 28.9 Å². The molecule has 0 bridgehead atoms. The van der Waals surface area contributed by atoms with Gasteiger partial charge >= 0.3 is 0 Å². The van der Waals surface area contributed by atoms with Gasteiger partial charge in [0.25, 0.3) is 0 Å². The predicted molar refractivity (Wildman–Crippen MR) is 81.9 cm³/mol. The lowest BCUT2D eigenvalue weighted by Crippen LogP contribution is -2.35. The van der Waals surface area contributed by atoms with Crippen molar-refractivity contribution in [3.05, 3.63) is 46.2 Å². The van der Waals surface area contributed by atoms with Crippen molar-refractivity contribution in [2.45, 2.75) is 46.3 Å². The summed E-state index contributed by atoms with van der Waals surface area (Å²) >= 11 is 6.23. The summed E-state index contributed by atoms with van der Waals surface area (Å²) in [6.07, 6.45) is 1.95. The van der Waals surface area contributed by atoms with E-state index in [-0.39, 0.29) is 5.54 Å². The lowest BCUT2D eigenvalue weighted by Gasteiger charge is -2.19. The Morgan fingerprint density at radius 3 is 2.70 bits per heavy atom. The number of hydrogen-bond donors (Lipinski definition) is 1. The zero-order valence-electron chi connectivity index (χ0n) is 12.4. The predicted octanol–water partition coefficient (Wildman–Crippen LogP) is 3.18. The zero-order valence-corrected chi connectivity index (χ0v) is 13.2. The monoisotopic (exact) mass is 292 g/mol. The van der Waals surface area contributed by atoms with Crippen LogP contribution in [0.5, 0.6) is 0 Å². The zero-order chi connectivity index (χ0) is 14.8. The van der Waals surface area contributed by atoms with Crippen molar-refractivity contribution in [2.24, 2.45) is 0 Å². The first-order valence-corrected chi connectivity index (χ1v) is 7.10. The Labute approximate surface area is 125 Å². The lowest BCUT2D eigenvalue weighted by molar-refractivity contribution is 0.421. The molecule has 2 rings (SSSR count).